The van der Waals surface area contributed by atoms with Crippen molar-refractivity contribution in [1.82, 2.24) is 20.3 Å². The molecular formula is C29H31N5O2. The Hall–Kier alpha value is -3.84. The Balaban J connectivity index is 1.34. The number of aryl methyl sites for hydroxylation is 1. The van der Waals surface area contributed by atoms with Crippen LogP contribution in [0.5, 0.6) is 0 Å². The monoisotopic (exact) mass is 481 g/mol. The van der Waals surface area contributed by atoms with Crippen LogP contribution in [0.3, 0.4) is 0 Å². The zero-order chi connectivity index (χ0) is 25.1. The highest BCUT2D eigenvalue weighted by Crippen LogP contribution is 2.24. The zero-order valence-corrected chi connectivity index (χ0v) is 20.9. The molecule has 0 bridgehead atoms. The summed E-state index contributed by atoms with van der Waals surface area (Å²) in [6, 6.07) is 19.7. The average molecular weight is 482 g/mol. The van der Waals surface area contributed by atoms with Crippen molar-refractivity contribution in [1.29, 1.82) is 0 Å². The Kier molecular flexibility index (Phi) is 6.91. The average Bonchev–Trinajstić information content (AvgIpc) is 2.90. The lowest BCUT2D eigenvalue weighted by atomic mass is 10.1. The van der Waals surface area contributed by atoms with Gasteiger partial charge in [0.2, 0.25) is 0 Å². The Morgan fingerprint density at radius 1 is 1.00 bits per heavy atom. The number of morpholine rings is 1. The zero-order valence-electron chi connectivity index (χ0n) is 20.9. The van der Waals surface area contributed by atoms with E-state index >= 15 is 0 Å². The van der Waals surface area contributed by atoms with Gasteiger partial charge in [-0.2, -0.15) is 0 Å². The van der Waals surface area contributed by atoms with E-state index in [-0.39, 0.29) is 18.1 Å². The van der Waals surface area contributed by atoms with Gasteiger partial charge in [0, 0.05) is 30.2 Å². The normalized spacial score (nSPS) is 17.8. The molecule has 0 radical (unpaired) electrons. The van der Waals surface area contributed by atoms with Gasteiger partial charge in [-0.15, -0.1) is 0 Å². The van der Waals surface area contributed by atoms with Crippen molar-refractivity contribution in [2.75, 3.05) is 18.0 Å². The van der Waals surface area contributed by atoms with Crippen molar-refractivity contribution >= 4 is 22.6 Å². The third kappa shape index (κ3) is 5.36. The number of pyridine rings is 3. The number of nitrogens with zero attached hydrogens (tertiary/aromatic N) is 4. The van der Waals surface area contributed by atoms with Crippen LogP contribution in [-0.4, -0.2) is 46.2 Å². The maximum Gasteiger partial charge on any atom is 0.251 e. The maximum absolute atomic E-state index is 12.6. The molecule has 5 rings (SSSR count). The first-order valence-corrected chi connectivity index (χ1v) is 12.5. The first kappa shape index (κ1) is 23.9. The first-order valence-electron chi connectivity index (χ1n) is 12.5. The van der Waals surface area contributed by atoms with Crippen LogP contribution in [0.25, 0.3) is 22.3 Å². The lowest BCUT2D eigenvalue weighted by Crippen LogP contribution is -2.45. The molecule has 7 heteroatoms. The van der Waals surface area contributed by atoms with Crippen LogP contribution < -0.4 is 10.2 Å². The summed E-state index contributed by atoms with van der Waals surface area (Å²) in [5.41, 5.74) is 5.00. The van der Waals surface area contributed by atoms with E-state index in [1.807, 2.05) is 60.7 Å². The molecule has 1 aliphatic rings. The minimum Gasteiger partial charge on any atom is -0.372 e. The van der Waals surface area contributed by atoms with Crippen LogP contribution in [0.2, 0.25) is 0 Å². The molecular weight excluding hydrogens is 450 g/mol. The molecule has 1 saturated heterocycles. The molecule has 7 nitrogen and oxygen atoms in total. The van der Waals surface area contributed by atoms with Crippen LogP contribution in [0, 0.1) is 0 Å². The van der Waals surface area contributed by atoms with E-state index in [4.69, 9.17) is 14.7 Å². The van der Waals surface area contributed by atoms with Gasteiger partial charge in [0.25, 0.3) is 5.91 Å². The molecule has 1 aliphatic heterocycles. The summed E-state index contributed by atoms with van der Waals surface area (Å²) in [5, 5.41) is 3.91. The third-order valence-corrected chi connectivity index (χ3v) is 6.40. The number of ether oxygens (including phenoxy) is 1. The second kappa shape index (κ2) is 10.4. The van der Waals surface area contributed by atoms with Gasteiger partial charge in [0.05, 0.1) is 41.4 Å². The van der Waals surface area contributed by atoms with Gasteiger partial charge in [-0.3, -0.25) is 9.78 Å². The third-order valence-electron chi connectivity index (χ3n) is 6.40. The molecule has 4 heterocycles. The summed E-state index contributed by atoms with van der Waals surface area (Å²) in [4.78, 5) is 29.2. The van der Waals surface area contributed by atoms with Crippen molar-refractivity contribution in [3.63, 3.8) is 0 Å². The lowest BCUT2D eigenvalue weighted by Gasteiger charge is -2.36. The smallest absolute Gasteiger partial charge is 0.251 e. The van der Waals surface area contributed by atoms with Crippen LogP contribution in [0.15, 0.2) is 66.9 Å². The summed E-state index contributed by atoms with van der Waals surface area (Å²) >= 11 is 0. The predicted molar refractivity (Wildman–Crippen MR) is 142 cm³/mol. The second-order valence-electron chi connectivity index (χ2n) is 9.34. The van der Waals surface area contributed by atoms with E-state index in [2.05, 4.69) is 36.0 Å². The highest BCUT2D eigenvalue weighted by molar-refractivity contribution is 5.94. The molecule has 2 atom stereocenters. The number of benzene rings is 1. The van der Waals surface area contributed by atoms with Crippen molar-refractivity contribution in [3.05, 3.63) is 83.7 Å². The van der Waals surface area contributed by atoms with E-state index in [0.29, 0.717) is 12.1 Å². The topological polar surface area (TPSA) is 80.2 Å². The number of carbonyl (C=O) groups excluding carboxylic acids is 1. The van der Waals surface area contributed by atoms with E-state index in [1.165, 1.54) is 0 Å². The number of rotatable bonds is 6. The van der Waals surface area contributed by atoms with Gasteiger partial charge in [-0.25, -0.2) is 9.97 Å². The predicted octanol–water partition coefficient (Wildman–Crippen LogP) is 4.80. The van der Waals surface area contributed by atoms with E-state index < -0.39 is 0 Å². The number of hydrogen-bond donors (Lipinski definition) is 1. The maximum atomic E-state index is 12.6. The van der Waals surface area contributed by atoms with Crippen LogP contribution >= 0.6 is 0 Å². The largest absolute Gasteiger partial charge is 0.372 e. The van der Waals surface area contributed by atoms with Gasteiger partial charge in [0.15, 0.2) is 0 Å². The summed E-state index contributed by atoms with van der Waals surface area (Å²) in [6.45, 7) is 8.22. The van der Waals surface area contributed by atoms with Gasteiger partial charge >= 0.3 is 0 Å². The van der Waals surface area contributed by atoms with Crippen LogP contribution in [0.1, 0.15) is 42.4 Å². The number of nitrogens with one attached hydrogen (secondary N) is 1. The molecule has 0 saturated carbocycles. The Morgan fingerprint density at radius 3 is 2.58 bits per heavy atom. The van der Waals surface area contributed by atoms with Crippen LogP contribution in [0.4, 0.5) is 5.82 Å². The highest BCUT2D eigenvalue weighted by atomic mass is 16.5. The number of anilines is 1. The molecule has 1 amide bonds. The van der Waals surface area contributed by atoms with E-state index in [1.54, 1.807) is 6.20 Å². The molecule has 1 aromatic carbocycles. The summed E-state index contributed by atoms with van der Waals surface area (Å²) in [7, 11) is 0. The van der Waals surface area contributed by atoms with Crippen LogP contribution in [-0.2, 0) is 17.7 Å². The Morgan fingerprint density at radius 2 is 1.78 bits per heavy atom. The Bertz CT molecular complexity index is 1380. The molecule has 184 valence electrons. The van der Waals surface area contributed by atoms with E-state index in [0.717, 1.165) is 58.9 Å². The SMILES string of the molecule is CCc1cccc(C(=O)NCc2cc3nc(-c4cccc(N5CC(C)OC(C)C5)n4)ccc3cn2)c1. The second-order valence-corrected chi connectivity index (χ2v) is 9.34. The molecule has 2 unspecified atom stereocenters. The van der Waals surface area contributed by atoms with Crippen molar-refractivity contribution in [2.45, 2.75) is 45.9 Å². The first-order chi connectivity index (χ1) is 17.5. The van der Waals surface area contributed by atoms with Gasteiger partial charge in [-0.1, -0.05) is 25.1 Å². The highest BCUT2D eigenvalue weighted by Gasteiger charge is 2.23. The number of aromatic nitrogens is 3. The summed E-state index contributed by atoms with van der Waals surface area (Å²) in [5.74, 6) is 0.823. The van der Waals surface area contributed by atoms with E-state index in [9.17, 15) is 4.79 Å². The van der Waals surface area contributed by atoms with Gasteiger partial charge < -0.3 is 15.0 Å². The molecule has 1 N–H and O–H groups in total. The number of fused-ring (bicyclic) bond motifs is 1. The molecule has 3 aromatic heterocycles. The number of amides is 1. The molecule has 0 aliphatic carbocycles. The quantitative estimate of drug-likeness (QED) is 0.426. The Labute approximate surface area is 211 Å². The number of hydrogen-bond acceptors (Lipinski definition) is 6. The standard InChI is InChI=1S/C29H31N5O2/c1-4-21-7-5-8-22(13-21)29(35)31-16-24-14-27-23(15-30-24)11-12-26(32-27)25-9-6-10-28(33-25)34-17-19(2)36-20(3)18-34/h5-15,19-20H,4,16-18H2,1-3H3,(H,31,35). The minimum absolute atomic E-state index is 0.110. The molecule has 4 aromatic rings. The van der Waals surface area contributed by atoms with Crippen molar-refractivity contribution < 1.29 is 9.53 Å². The van der Waals surface area contributed by atoms with Crippen molar-refractivity contribution in [3.8, 4) is 11.4 Å². The van der Waals surface area contributed by atoms with Gasteiger partial charge in [-0.05, 0) is 68.3 Å². The summed E-state index contributed by atoms with van der Waals surface area (Å²) < 4.78 is 5.87. The number of carbonyl (C=O) groups is 1. The minimum atomic E-state index is -0.110. The lowest BCUT2D eigenvalue weighted by molar-refractivity contribution is -0.00545. The fourth-order valence-electron chi connectivity index (χ4n) is 4.61. The molecule has 36 heavy (non-hydrogen) atoms. The fraction of sp³-hybridized carbons (Fsp3) is 0.310. The fourth-order valence-corrected chi connectivity index (χ4v) is 4.61. The van der Waals surface area contributed by atoms with Crippen molar-refractivity contribution in [2.24, 2.45) is 0 Å². The van der Waals surface area contributed by atoms with Gasteiger partial charge in [0.1, 0.15) is 5.82 Å². The molecule has 0 spiro atoms. The summed E-state index contributed by atoms with van der Waals surface area (Å²) in [6.07, 6.45) is 3.02. The molecule has 1 fully saturated rings.